The summed E-state index contributed by atoms with van der Waals surface area (Å²) < 4.78 is 5.12. The molecule has 4 N–H and O–H groups in total. The minimum atomic E-state index is -0.597. The molecule has 0 bridgehead atoms. The van der Waals surface area contributed by atoms with Crippen molar-refractivity contribution in [2.24, 2.45) is 0 Å². The Morgan fingerprint density at radius 2 is 1.87 bits per heavy atom. The molecule has 166 valence electrons. The predicted molar refractivity (Wildman–Crippen MR) is 121 cm³/mol. The fraction of sp³-hybridized carbons (Fsp3) is 0.286. The molecule has 0 unspecified atom stereocenters. The second-order valence-electron chi connectivity index (χ2n) is 6.85. The molecule has 2 heterocycles. The number of rotatable bonds is 6. The van der Waals surface area contributed by atoms with Gasteiger partial charge in [0, 0.05) is 37.1 Å². The summed E-state index contributed by atoms with van der Waals surface area (Å²) in [6.45, 7) is 1.30. The summed E-state index contributed by atoms with van der Waals surface area (Å²) in [7, 11) is 1.60. The van der Waals surface area contributed by atoms with Crippen molar-refractivity contribution in [3.05, 3.63) is 54.2 Å². The smallest absolute Gasteiger partial charge is 0.321 e. The molecule has 0 aliphatic carbocycles. The Labute approximate surface area is 186 Å². The van der Waals surface area contributed by atoms with E-state index in [0.29, 0.717) is 13.1 Å². The van der Waals surface area contributed by atoms with Gasteiger partial charge in [-0.05, 0) is 60.9 Å². The van der Waals surface area contributed by atoms with Crippen LogP contribution in [0.5, 0.6) is 5.75 Å². The van der Waals surface area contributed by atoms with Crippen molar-refractivity contribution in [1.82, 2.24) is 15.4 Å². The molecule has 3 amide bonds. The zero-order chi connectivity index (χ0) is 21.3. The fourth-order valence-electron chi connectivity index (χ4n) is 3.11. The first kappa shape index (κ1) is 24.0. The van der Waals surface area contributed by atoms with Gasteiger partial charge >= 0.3 is 6.03 Å². The lowest BCUT2D eigenvalue weighted by molar-refractivity contribution is -0.124. The van der Waals surface area contributed by atoms with E-state index in [1.54, 1.807) is 36.4 Å². The molecule has 1 fully saturated rings. The number of hydrogen-bond acceptors (Lipinski definition) is 6. The van der Waals surface area contributed by atoms with E-state index in [1.165, 1.54) is 11.6 Å². The monoisotopic (exact) mass is 447 g/mol. The maximum atomic E-state index is 12.5. The fourth-order valence-corrected chi connectivity index (χ4v) is 3.11. The number of carbonyl (C=O) groups is 2. The molecule has 31 heavy (non-hydrogen) atoms. The number of amides is 3. The number of urea groups is 1. The van der Waals surface area contributed by atoms with Crippen molar-refractivity contribution in [3.8, 4) is 5.75 Å². The highest BCUT2D eigenvalue weighted by molar-refractivity contribution is 5.91. The third-order valence-electron chi connectivity index (χ3n) is 4.80. The van der Waals surface area contributed by atoms with E-state index in [2.05, 4.69) is 15.6 Å². The van der Waals surface area contributed by atoms with Crippen molar-refractivity contribution in [3.63, 3.8) is 0 Å². The molecular formula is C21H26ClN5O4. The summed E-state index contributed by atoms with van der Waals surface area (Å²) in [6, 6.07) is 11.0. The van der Waals surface area contributed by atoms with Gasteiger partial charge < -0.3 is 20.3 Å². The van der Waals surface area contributed by atoms with Crippen LogP contribution < -0.4 is 20.9 Å². The van der Waals surface area contributed by atoms with Gasteiger partial charge in [-0.3, -0.25) is 10.0 Å². The van der Waals surface area contributed by atoms with Crippen LogP contribution in [0.2, 0.25) is 0 Å². The van der Waals surface area contributed by atoms with Gasteiger partial charge in [-0.2, -0.15) is 0 Å². The number of ether oxygens (including phenoxy) is 1. The Morgan fingerprint density at radius 1 is 1.16 bits per heavy atom. The minimum Gasteiger partial charge on any atom is -0.497 e. The molecule has 1 aliphatic rings. The van der Waals surface area contributed by atoms with E-state index in [4.69, 9.17) is 9.94 Å². The molecule has 0 atom stereocenters. The summed E-state index contributed by atoms with van der Waals surface area (Å²) >= 11 is 0. The number of methoxy groups -OCH3 is 1. The number of nitrogens with one attached hydrogen (secondary N) is 3. The van der Waals surface area contributed by atoms with Crippen LogP contribution in [-0.4, -0.2) is 53.3 Å². The highest BCUT2D eigenvalue weighted by atomic mass is 35.5. The standard InChI is InChI=1S/C21H25N5O4.ClH/c1-30-18-6-4-16(5-7-18)24-21(28)26-12-10-17(11-13-26)23-19-8-2-15(14-22-19)3-9-20(27)25-29;/h2-9,14,17,29H,10-13H2,1H3,(H,22,23)(H,24,28)(H,25,27);1H/b9-3+;. The quantitative estimate of drug-likeness (QED) is 0.307. The zero-order valence-corrected chi connectivity index (χ0v) is 17.9. The Hall–Kier alpha value is -3.30. The third kappa shape index (κ3) is 7.16. The number of hydrogen-bond donors (Lipinski definition) is 4. The van der Waals surface area contributed by atoms with Crippen LogP contribution in [0.1, 0.15) is 18.4 Å². The van der Waals surface area contributed by atoms with Gasteiger partial charge in [0.25, 0.3) is 5.91 Å². The predicted octanol–water partition coefficient (Wildman–Crippen LogP) is 3.14. The Kier molecular flexibility index (Phi) is 9.11. The van der Waals surface area contributed by atoms with Crippen molar-refractivity contribution < 1.29 is 19.5 Å². The number of anilines is 2. The Bertz CT molecular complexity index is 882. The SMILES string of the molecule is COc1ccc(NC(=O)N2CCC(Nc3ccc(/C=C/C(=O)NO)cn3)CC2)cc1.Cl. The first-order valence-corrected chi connectivity index (χ1v) is 9.62. The van der Waals surface area contributed by atoms with Gasteiger partial charge in [0.2, 0.25) is 0 Å². The average molecular weight is 448 g/mol. The number of carbonyl (C=O) groups excluding carboxylic acids is 2. The molecule has 1 aromatic heterocycles. The van der Waals surface area contributed by atoms with E-state index in [9.17, 15) is 9.59 Å². The number of pyridine rings is 1. The first-order valence-electron chi connectivity index (χ1n) is 9.62. The molecule has 0 spiro atoms. The average Bonchev–Trinajstić information content (AvgIpc) is 2.79. The van der Waals surface area contributed by atoms with Gasteiger partial charge in [-0.25, -0.2) is 15.3 Å². The van der Waals surface area contributed by atoms with Gasteiger partial charge in [-0.15, -0.1) is 12.4 Å². The van der Waals surface area contributed by atoms with Crippen LogP contribution in [0, 0.1) is 0 Å². The summed E-state index contributed by atoms with van der Waals surface area (Å²) in [5.74, 6) is 0.882. The van der Waals surface area contributed by atoms with E-state index in [1.807, 2.05) is 24.3 Å². The van der Waals surface area contributed by atoms with Crippen molar-refractivity contribution in [2.75, 3.05) is 30.8 Å². The van der Waals surface area contributed by atoms with Crippen LogP contribution in [0.4, 0.5) is 16.3 Å². The molecular weight excluding hydrogens is 422 g/mol. The highest BCUT2D eigenvalue weighted by Crippen LogP contribution is 2.19. The van der Waals surface area contributed by atoms with E-state index in [-0.39, 0.29) is 24.5 Å². The molecule has 1 aromatic carbocycles. The lowest BCUT2D eigenvalue weighted by atomic mass is 10.1. The second kappa shape index (κ2) is 11.8. The number of hydroxylamine groups is 1. The molecule has 1 saturated heterocycles. The summed E-state index contributed by atoms with van der Waals surface area (Å²) in [5.41, 5.74) is 3.01. The summed E-state index contributed by atoms with van der Waals surface area (Å²) in [5, 5.41) is 14.8. The van der Waals surface area contributed by atoms with E-state index < -0.39 is 5.91 Å². The molecule has 0 saturated carbocycles. The first-order chi connectivity index (χ1) is 14.6. The minimum absolute atomic E-state index is 0. The third-order valence-corrected chi connectivity index (χ3v) is 4.80. The lowest BCUT2D eigenvalue weighted by Gasteiger charge is -2.32. The Balaban J connectivity index is 0.00000341. The highest BCUT2D eigenvalue weighted by Gasteiger charge is 2.23. The number of aromatic nitrogens is 1. The van der Waals surface area contributed by atoms with Crippen LogP contribution in [0.15, 0.2) is 48.7 Å². The maximum absolute atomic E-state index is 12.5. The number of benzene rings is 1. The topological polar surface area (TPSA) is 116 Å². The van der Waals surface area contributed by atoms with Crippen molar-refractivity contribution in [1.29, 1.82) is 0 Å². The molecule has 0 radical (unpaired) electrons. The van der Waals surface area contributed by atoms with Crippen molar-refractivity contribution >= 4 is 41.9 Å². The maximum Gasteiger partial charge on any atom is 0.321 e. The van der Waals surface area contributed by atoms with Crippen LogP contribution in [0.3, 0.4) is 0 Å². The molecule has 10 heteroatoms. The Morgan fingerprint density at radius 3 is 2.45 bits per heavy atom. The molecule has 2 aromatic rings. The van der Waals surface area contributed by atoms with Gasteiger partial charge in [0.1, 0.15) is 11.6 Å². The number of nitrogens with zero attached hydrogens (tertiary/aromatic N) is 2. The molecule has 1 aliphatic heterocycles. The van der Waals surface area contributed by atoms with Gasteiger partial charge in [-0.1, -0.05) is 0 Å². The summed E-state index contributed by atoms with van der Waals surface area (Å²) in [6.07, 6.45) is 6.05. The van der Waals surface area contributed by atoms with Crippen LogP contribution in [-0.2, 0) is 4.79 Å². The number of piperidine rings is 1. The number of likely N-dealkylation sites (tertiary alicyclic amines) is 1. The second-order valence-corrected chi connectivity index (χ2v) is 6.85. The van der Waals surface area contributed by atoms with E-state index >= 15 is 0 Å². The van der Waals surface area contributed by atoms with Gasteiger partial charge in [0.05, 0.1) is 7.11 Å². The van der Waals surface area contributed by atoms with Gasteiger partial charge in [0.15, 0.2) is 0 Å². The normalized spacial score (nSPS) is 13.9. The lowest BCUT2D eigenvalue weighted by Crippen LogP contribution is -2.44. The van der Waals surface area contributed by atoms with Crippen LogP contribution in [0.25, 0.3) is 6.08 Å². The van der Waals surface area contributed by atoms with E-state index in [0.717, 1.165) is 35.7 Å². The zero-order valence-electron chi connectivity index (χ0n) is 17.1. The number of halogens is 1. The molecule has 9 nitrogen and oxygen atoms in total. The molecule has 3 rings (SSSR count). The van der Waals surface area contributed by atoms with Crippen molar-refractivity contribution in [2.45, 2.75) is 18.9 Å². The van der Waals surface area contributed by atoms with Crippen LogP contribution >= 0.6 is 12.4 Å². The largest absolute Gasteiger partial charge is 0.497 e. The summed E-state index contributed by atoms with van der Waals surface area (Å²) in [4.78, 5) is 29.6.